The number of likely N-dealkylation sites (tertiary alicyclic amines) is 1. The zero-order valence-corrected chi connectivity index (χ0v) is 16.5. The van der Waals surface area contributed by atoms with Gasteiger partial charge in [0.2, 0.25) is 5.91 Å². The molecule has 2 aliphatic heterocycles. The van der Waals surface area contributed by atoms with Gasteiger partial charge in [-0.15, -0.1) is 0 Å². The number of piperidine rings is 1. The molecule has 2 aliphatic rings. The lowest BCUT2D eigenvalue weighted by molar-refractivity contribution is -0.140. The predicted octanol–water partition coefficient (Wildman–Crippen LogP) is 3.14. The van der Waals surface area contributed by atoms with Crippen molar-refractivity contribution in [2.45, 2.75) is 45.1 Å². The summed E-state index contributed by atoms with van der Waals surface area (Å²) in [7, 11) is 0. The number of fused-ring (bicyclic) bond motifs is 4. The van der Waals surface area contributed by atoms with Crippen molar-refractivity contribution < 1.29 is 9.53 Å². The summed E-state index contributed by atoms with van der Waals surface area (Å²) < 4.78 is 6.35. The molecule has 1 fully saturated rings. The average molecular weight is 378 g/mol. The number of aromatic amines is 2. The van der Waals surface area contributed by atoms with Crippen LogP contribution in [0.25, 0.3) is 10.9 Å². The van der Waals surface area contributed by atoms with Crippen LogP contribution >= 0.6 is 0 Å². The molecule has 0 aliphatic carbocycles. The van der Waals surface area contributed by atoms with Crippen molar-refractivity contribution in [3.05, 3.63) is 52.5 Å². The first-order valence-corrected chi connectivity index (χ1v) is 10.1. The summed E-state index contributed by atoms with van der Waals surface area (Å²) in [4.78, 5) is 18.5. The molecule has 0 unspecified atom stereocenters. The number of aromatic nitrogens is 3. The molecule has 4 heterocycles. The molecule has 2 aromatic heterocycles. The highest BCUT2D eigenvalue weighted by molar-refractivity contribution is 5.85. The summed E-state index contributed by atoms with van der Waals surface area (Å²) in [6, 6.07) is 8.49. The first kappa shape index (κ1) is 17.5. The maximum absolute atomic E-state index is 12.9. The van der Waals surface area contributed by atoms with Crippen LogP contribution in [0.1, 0.15) is 41.1 Å². The van der Waals surface area contributed by atoms with Crippen molar-refractivity contribution in [1.82, 2.24) is 20.1 Å². The number of nitrogens with zero attached hydrogens (tertiary/aromatic N) is 2. The summed E-state index contributed by atoms with van der Waals surface area (Å²) >= 11 is 0. The normalized spacial score (nSPS) is 18.6. The predicted molar refractivity (Wildman–Crippen MR) is 107 cm³/mol. The third-order valence-corrected chi connectivity index (χ3v) is 6.53. The quantitative estimate of drug-likeness (QED) is 0.719. The van der Waals surface area contributed by atoms with Gasteiger partial charge in [-0.3, -0.25) is 9.89 Å². The number of carbonyl (C=O) groups excluding carboxylic acids is 1. The summed E-state index contributed by atoms with van der Waals surface area (Å²) in [5, 5.41) is 8.49. The van der Waals surface area contributed by atoms with E-state index in [1.807, 2.05) is 18.7 Å². The van der Waals surface area contributed by atoms with E-state index in [0.29, 0.717) is 6.42 Å². The number of amides is 1. The minimum absolute atomic E-state index is 0.176. The Balaban J connectivity index is 1.36. The van der Waals surface area contributed by atoms with E-state index in [2.05, 4.69) is 39.4 Å². The molecule has 1 saturated heterocycles. The summed E-state index contributed by atoms with van der Waals surface area (Å²) in [5.41, 5.74) is 6.44. The topological polar surface area (TPSA) is 74.0 Å². The average Bonchev–Trinajstić information content (AvgIpc) is 3.25. The largest absolute Gasteiger partial charge is 0.368 e. The molecule has 0 atom stereocenters. The highest BCUT2D eigenvalue weighted by atomic mass is 16.5. The molecular formula is C22H26N4O2. The van der Waals surface area contributed by atoms with E-state index in [1.54, 1.807) is 0 Å². The molecule has 28 heavy (non-hydrogen) atoms. The van der Waals surface area contributed by atoms with Gasteiger partial charge in [0.05, 0.1) is 24.4 Å². The molecule has 146 valence electrons. The number of carbonyl (C=O) groups is 1. The Morgan fingerprint density at radius 2 is 2.04 bits per heavy atom. The molecule has 0 bridgehead atoms. The van der Waals surface area contributed by atoms with Crippen LogP contribution in [0.3, 0.4) is 0 Å². The zero-order valence-electron chi connectivity index (χ0n) is 16.5. The standard InChI is InChI=1S/C22H26N4O2/c1-14-18(15(2)25-24-14)13-20(27)26-10-8-22(9-11-26)21-17(7-12-28-22)16-5-3-4-6-19(16)23-21/h3-6,23H,7-13H2,1-2H3,(H,24,25). The Hall–Kier alpha value is -2.60. The Morgan fingerprint density at radius 1 is 1.25 bits per heavy atom. The van der Waals surface area contributed by atoms with Crippen LogP contribution in [0, 0.1) is 13.8 Å². The fraction of sp³-hybridized carbons (Fsp3) is 0.455. The maximum Gasteiger partial charge on any atom is 0.227 e. The van der Waals surface area contributed by atoms with E-state index < -0.39 is 0 Å². The molecule has 3 aromatic rings. The third-order valence-electron chi connectivity index (χ3n) is 6.53. The number of ether oxygens (including phenoxy) is 1. The van der Waals surface area contributed by atoms with E-state index in [0.717, 1.165) is 55.9 Å². The second-order valence-corrected chi connectivity index (χ2v) is 8.09. The van der Waals surface area contributed by atoms with Crippen LogP contribution in [0.15, 0.2) is 24.3 Å². The van der Waals surface area contributed by atoms with Gasteiger partial charge in [0.1, 0.15) is 5.60 Å². The van der Waals surface area contributed by atoms with Gasteiger partial charge in [-0.2, -0.15) is 5.10 Å². The Bertz CT molecular complexity index is 1020. The highest BCUT2D eigenvalue weighted by Gasteiger charge is 2.43. The Labute approximate surface area is 164 Å². The molecule has 6 heteroatoms. The lowest BCUT2D eigenvalue weighted by Gasteiger charge is -2.43. The summed E-state index contributed by atoms with van der Waals surface area (Å²) in [6.45, 7) is 6.12. The van der Waals surface area contributed by atoms with Crippen molar-refractivity contribution >= 4 is 16.8 Å². The van der Waals surface area contributed by atoms with Gasteiger partial charge in [0.25, 0.3) is 0 Å². The van der Waals surface area contributed by atoms with Crippen LogP contribution in [0.5, 0.6) is 0 Å². The van der Waals surface area contributed by atoms with Gasteiger partial charge in [-0.25, -0.2) is 0 Å². The minimum Gasteiger partial charge on any atom is -0.368 e. The zero-order chi connectivity index (χ0) is 19.3. The van der Waals surface area contributed by atoms with E-state index in [4.69, 9.17) is 4.74 Å². The molecule has 2 N–H and O–H groups in total. The number of H-pyrrole nitrogens is 2. The molecule has 1 amide bonds. The van der Waals surface area contributed by atoms with Crippen LogP contribution in [-0.2, 0) is 28.0 Å². The van der Waals surface area contributed by atoms with Crippen molar-refractivity contribution in [3.63, 3.8) is 0 Å². The molecule has 0 saturated carbocycles. The minimum atomic E-state index is -0.287. The molecule has 1 aromatic carbocycles. The number of benzene rings is 1. The second kappa shape index (κ2) is 6.48. The van der Waals surface area contributed by atoms with Crippen molar-refractivity contribution in [2.75, 3.05) is 19.7 Å². The summed E-state index contributed by atoms with van der Waals surface area (Å²) in [6.07, 6.45) is 3.03. The lowest BCUT2D eigenvalue weighted by Crippen LogP contribution is -2.48. The first-order valence-electron chi connectivity index (χ1n) is 10.1. The second-order valence-electron chi connectivity index (χ2n) is 8.09. The van der Waals surface area contributed by atoms with Gasteiger partial charge >= 0.3 is 0 Å². The molecule has 6 nitrogen and oxygen atoms in total. The third kappa shape index (κ3) is 2.66. The number of hydrogen-bond donors (Lipinski definition) is 2. The fourth-order valence-corrected chi connectivity index (χ4v) is 4.88. The number of hydrogen-bond acceptors (Lipinski definition) is 3. The van der Waals surface area contributed by atoms with Gasteiger partial charge in [0, 0.05) is 35.2 Å². The highest BCUT2D eigenvalue weighted by Crippen LogP contribution is 2.43. The fourth-order valence-electron chi connectivity index (χ4n) is 4.88. The maximum atomic E-state index is 12.9. The first-order chi connectivity index (χ1) is 13.6. The number of nitrogens with one attached hydrogen (secondary N) is 2. The van der Waals surface area contributed by atoms with E-state index in [1.165, 1.54) is 22.2 Å². The van der Waals surface area contributed by atoms with Crippen LogP contribution < -0.4 is 0 Å². The SMILES string of the molecule is Cc1n[nH]c(C)c1CC(=O)N1CCC2(CC1)OCCc1c2[nH]c2ccccc12. The van der Waals surface area contributed by atoms with Crippen molar-refractivity contribution in [3.8, 4) is 0 Å². The Kier molecular flexibility index (Phi) is 4.05. The van der Waals surface area contributed by atoms with Gasteiger partial charge in [-0.05, 0) is 44.7 Å². The van der Waals surface area contributed by atoms with Gasteiger partial charge in [0.15, 0.2) is 0 Å². The smallest absolute Gasteiger partial charge is 0.227 e. The van der Waals surface area contributed by atoms with E-state index in [9.17, 15) is 4.79 Å². The number of para-hydroxylation sites is 1. The van der Waals surface area contributed by atoms with Crippen LogP contribution in [0.2, 0.25) is 0 Å². The molecule has 1 spiro atoms. The molecule has 5 rings (SSSR count). The van der Waals surface area contributed by atoms with Gasteiger partial charge in [-0.1, -0.05) is 18.2 Å². The van der Waals surface area contributed by atoms with E-state index in [-0.39, 0.29) is 11.5 Å². The van der Waals surface area contributed by atoms with Crippen molar-refractivity contribution in [1.29, 1.82) is 0 Å². The van der Waals surface area contributed by atoms with Crippen molar-refractivity contribution in [2.24, 2.45) is 0 Å². The van der Waals surface area contributed by atoms with Crippen LogP contribution in [0.4, 0.5) is 0 Å². The lowest BCUT2D eigenvalue weighted by atomic mass is 9.83. The Morgan fingerprint density at radius 3 is 2.79 bits per heavy atom. The van der Waals surface area contributed by atoms with Gasteiger partial charge < -0.3 is 14.6 Å². The number of aryl methyl sites for hydroxylation is 2. The molecular weight excluding hydrogens is 352 g/mol. The monoisotopic (exact) mass is 378 g/mol. The number of rotatable bonds is 2. The molecule has 0 radical (unpaired) electrons. The van der Waals surface area contributed by atoms with E-state index >= 15 is 0 Å². The summed E-state index contributed by atoms with van der Waals surface area (Å²) in [5.74, 6) is 0.176. The van der Waals surface area contributed by atoms with Crippen LogP contribution in [-0.4, -0.2) is 45.7 Å².